The summed E-state index contributed by atoms with van der Waals surface area (Å²) in [4.78, 5) is 0. The van der Waals surface area contributed by atoms with Gasteiger partial charge in [-0.2, -0.15) is 0 Å². The van der Waals surface area contributed by atoms with Gasteiger partial charge >= 0.3 is 0 Å². The lowest BCUT2D eigenvalue weighted by atomic mass is 9.66. The van der Waals surface area contributed by atoms with Crippen LogP contribution in [0.4, 0.5) is 0 Å². The van der Waals surface area contributed by atoms with Crippen molar-refractivity contribution in [3.05, 3.63) is 0 Å². The summed E-state index contributed by atoms with van der Waals surface area (Å²) in [7, 11) is 0. The third-order valence-electron chi connectivity index (χ3n) is 10.5. The summed E-state index contributed by atoms with van der Waals surface area (Å²) in [6, 6.07) is 0. The van der Waals surface area contributed by atoms with Crippen LogP contribution in [-0.2, 0) is 0 Å². The smallest absolute Gasteiger partial charge is 0.0241 e. The molecule has 0 heterocycles. The van der Waals surface area contributed by atoms with E-state index in [-0.39, 0.29) is 0 Å². The molecule has 0 N–H and O–H groups in total. The van der Waals surface area contributed by atoms with Crippen LogP contribution < -0.4 is 0 Å². The lowest BCUT2D eigenvalue weighted by Gasteiger charge is -2.39. The van der Waals surface area contributed by atoms with Crippen molar-refractivity contribution in [1.82, 2.24) is 0 Å². The molecule has 6 atom stereocenters. The van der Waals surface area contributed by atoms with Gasteiger partial charge in [0.1, 0.15) is 0 Å². The van der Waals surface area contributed by atoms with Gasteiger partial charge in [0, 0.05) is 11.8 Å². The Labute approximate surface area is 200 Å². The van der Waals surface area contributed by atoms with Gasteiger partial charge in [-0.1, -0.05) is 65.2 Å². The van der Waals surface area contributed by atoms with Crippen LogP contribution in [0.15, 0.2) is 0 Å². The van der Waals surface area contributed by atoms with Crippen LogP contribution in [0.3, 0.4) is 0 Å². The predicted octanol–water partition coefficient (Wildman–Crippen LogP) is 8.75. The second kappa shape index (κ2) is 11.5. The highest BCUT2D eigenvalue weighted by Gasteiger charge is 2.34. The van der Waals surface area contributed by atoms with Gasteiger partial charge in [-0.15, -0.1) is 0 Å². The molecular weight excluding hydrogens is 384 g/mol. The van der Waals surface area contributed by atoms with Crippen LogP contribution in [0, 0.1) is 82.9 Å². The Bertz CT molecular complexity index is 632. The zero-order valence-electron chi connectivity index (χ0n) is 21.7. The first-order chi connectivity index (χ1) is 15.5. The Kier molecular flexibility index (Phi) is 8.72. The summed E-state index contributed by atoms with van der Waals surface area (Å²) in [5.74, 6) is 22.5. The van der Waals surface area contributed by atoms with Gasteiger partial charge in [0.15, 0.2) is 0 Å². The molecule has 0 amide bonds. The molecule has 0 aromatic heterocycles. The van der Waals surface area contributed by atoms with Crippen molar-refractivity contribution in [1.29, 1.82) is 0 Å². The molecule has 4 rings (SSSR count). The zero-order chi connectivity index (χ0) is 22.5. The van der Waals surface area contributed by atoms with Gasteiger partial charge in [-0.3, -0.25) is 0 Å². The Balaban J connectivity index is 1.31. The zero-order valence-corrected chi connectivity index (χ0v) is 21.7. The van der Waals surface area contributed by atoms with Gasteiger partial charge in [0.2, 0.25) is 0 Å². The quantitative estimate of drug-likeness (QED) is 0.381. The molecule has 0 spiro atoms. The summed E-state index contributed by atoms with van der Waals surface area (Å²) in [5, 5.41) is 0. The lowest BCUT2D eigenvalue weighted by Crippen LogP contribution is -2.29. The molecule has 0 aromatic rings. The summed E-state index contributed by atoms with van der Waals surface area (Å²) < 4.78 is 0. The number of hydrogen-bond donors (Lipinski definition) is 0. The first-order valence-electron chi connectivity index (χ1n) is 14.5. The molecule has 0 aliphatic heterocycles. The molecule has 0 nitrogen and oxygen atoms in total. The highest BCUT2D eigenvalue weighted by atomic mass is 14.4. The highest BCUT2D eigenvalue weighted by Crippen LogP contribution is 2.44. The molecule has 0 radical (unpaired) electrons. The Morgan fingerprint density at radius 1 is 0.406 bits per heavy atom. The van der Waals surface area contributed by atoms with Crippen LogP contribution in [-0.4, -0.2) is 0 Å². The molecule has 178 valence electrons. The second-order valence-electron chi connectivity index (χ2n) is 12.9. The van der Waals surface area contributed by atoms with Gasteiger partial charge in [-0.25, -0.2) is 0 Å². The van der Waals surface area contributed by atoms with E-state index in [1.807, 2.05) is 0 Å². The fraction of sp³-hybridized carbons (Fsp3) is 0.875. The highest BCUT2D eigenvalue weighted by molar-refractivity contribution is 5.28. The maximum Gasteiger partial charge on any atom is 0.0241 e. The van der Waals surface area contributed by atoms with Crippen LogP contribution in [0.25, 0.3) is 0 Å². The minimum Gasteiger partial charge on any atom is -0.0854 e. The monoisotopic (exact) mass is 434 g/mol. The molecule has 32 heavy (non-hydrogen) atoms. The predicted molar refractivity (Wildman–Crippen MR) is 138 cm³/mol. The van der Waals surface area contributed by atoms with Crippen LogP contribution >= 0.6 is 0 Å². The normalized spacial score (nSPS) is 45.1. The SMILES string of the molecule is CC1CCC(C2CCC(C)C(C#CC#CC3CC(C4CCC(C)CC4)CCC3C)C2)CC1. The molecule has 0 aromatic carbocycles. The topological polar surface area (TPSA) is 0 Å². The summed E-state index contributed by atoms with van der Waals surface area (Å²) in [6.45, 7) is 9.75. The summed E-state index contributed by atoms with van der Waals surface area (Å²) in [6.07, 6.45) is 20.1. The van der Waals surface area contributed by atoms with Crippen molar-refractivity contribution in [3.63, 3.8) is 0 Å². The molecule has 6 unspecified atom stereocenters. The van der Waals surface area contributed by atoms with Crippen molar-refractivity contribution in [2.75, 3.05) is 0 Å². The van der Waals surface area contributed by atoms with E-state index >= 15 is 0 Å². The fourth-order valence-electron chi connectivity index (χ4n) is 7.74. The maximum absolute atomic E-state index is 3.66. The molecular formula is C32H50. The fourth-order valence-corrected chi connectivity index (χ4v) is 7.74. The summed E-state index contributed by atoms with van der Waals surface area (Å²) >= 11 is 0. The molecule has 0 bridgehead atoms. The van der Waals surface area contributed by atoms with Crippen molar-refractivity contribution in [3.8, 4) is 23.7 Å². The van der Waals surface area contributed by atoms with Crippen molar-refractivity contribution < 1.29 is 0 Å². The molecule has 4 saturated carbocycles. The molecule has 4 fully saturated rings. The molecule has 0 saturated heterocycles. The van der Waals surface area contributed by atoms with E-state index in [0.717, 1.165) is 47.3 Å². The first kappa shape index (κ1) is 24.3. The van der Waals surface area contributed by atoms with Gasteiger partial charge < -0.3 is 0 Å². The Hall–Kier alpha value is -0.880. The molecule has 4 aliphatic carbocycles. The van der Waals surface area contributed by atoms with Crippen LogP contribution in [0.2, 0.25) is 0 Å². The average molecular weight is 435 g/mol. The van der Waals surface area contributed by atoms with E-state index in [0.29, 0.717) is 11.8 Å². The van der Waals surface area contributed by atoms with E-state index in [2.05, 4.69) is 51.4 Å². The maximum atomic E-state index is 3.66. The average Bonchev–Trinajstić information content (AvgIpc) is 2.80. The Morgan fingerprint density at radius 2 is 0.750 bits per heavy atom. The first-order valence-corrected chi connectivity index (χ1v) is 14.5. The van der Waals surface area contributed by atoms with Crippen molar-refractivity contribution in [2.24, 2.45) is 59.2 Å². The van der Waals surface area contributed by atoms with E-state index in [4.69, 9.17) is 0 Å². The minimum atomic E-state index is 0.586. The van der Waals surface area contributed by atoms with Gasteiger partial charge in [-0.05, 0) is 123 Å². The molecule has 4 aliphatic rings. The number of hydrogen-bond acceptors (Lipinski definition) is 0. The van der Waals surface area contributed by atoms with E-state index in [1.165, 1.54) is 89.9 Å². The number of rotatable bonds is 2. The van der Waals surface area contributed by atoms with E-state index in [9.17, 15) is 0 Å². The standard InChI is InChI=1S/C32H50/c1-23-9-15-27(16-10-23)31-19-13-25(3)29(21-31)7-5-6-8-30-22-32(20-14-26(30)4)28-17-11-24(2)12-18-28/h23-32H,9-22H2,1-4H3. The second-order valence-corrected chi connectivity index (χ2v) is 12.9. The van der Waals surface area contributed by atoms with Crippen molar-refractivity contribution in [2.45, 2.75) is 118 Å². The lowest BCUT2D eigenvalue weighted by molar-refractivity contribution is 0.133. The van der Waals surface area contributed by atoms with Crippen molar-refractivity contribution >= 4 is 0 Å². The van der Waals surface area contributed by atoms with Crippen LogP contribution in [0.5, 0.6) is 0 Å². The third kappa shape index (κ3) is 6.37. The Morgan fingerprint density at radius 3 is 1.12 bits per heavy atom. The van der Waals surface area contributed by atoms with Gasteiger partial charge in [0.05, 0.1) is 0 Å². The summed E-state index contributed by atoms with van der Waals surface area (Å²) in [5.41, 5.74) is 0. The van der Waals surface area contributed by atoms with Gasteiger partial charge in [0.25, 0.3) is 0 Å². The van der Waals surface area contributed by atoms with E-state index in [1.54, 1.807) is 0 Å². The largest absolute Gasteiger partial charge is 0.0854 e. The molecule has 0 heteroatoms. The van der Waals surface area contributed by atoms with E-state index < -0.39 is 0 Å². The van der Waals surface area contributed by atoms with Crippen LogP contribution in [0.1, 0.15) is 118 Å². The third-order valence-corrected chi connectivity index (χ3v) is 10.5. The minimum absolute atomic E-state index is 0.586.